The number of carbonyl (C=O) groups is 2. The first kappa shape index (κ1) is 10.3. The van der Waals surface area contributed by atoms with Gasteiger partial charge in [0, 0.05) is 6.92 Å². The lowest BCUT2D eigenvalue weighted by Gasteiger charge is -1.96. The number of ketones is 1. The molecule has 1 amide bonds. The summed E-state index contributed by atoms with van der Waals surface area (Å²) in [5.74, 6) is -1.77. The van der Waals surface area contributed by atoms with Gasteiger partial charge in [-0.25, -0.2) is 0 Å². The van der Waals surface area contributed by atoms with Gasteiger partial charge in [0.2, 0.25) is 0 Å². The lowest BCUT2D eigenvalue weighted by molar-refractivity contribution is -0.425. The molecule has 66 valence electrons. The van der Waals surface area contributed by atoms with Crippen LogP contribution in [0.15, 0.2) is 11.3 Å². The molecule has 0 heterocycles. The molecule has 0 atom stereocenters. The Labute approximate surface area is 68.2 Å². The van der Waals surface area contributed by atoms with E-state index in [-0.39, 0.29) is 0 Å². The van der Waals surface area contributed by atoms with Gasteiger partial charge in [0.25, 0.3) is 11.6 Å². The van der Waals surface area contributed by atoms with E-state index in [1.54, 1.807) is 0 Å². The van der Waals surface area contributed by atoms with Gasteiger partial charge in [-0.2, -0.15) is 0 Å². The normalized spacial score (nSPS) is 11.8. The van der Waals surface area contributed by atoms with Gasteiger partial charge < -0.3 is 5.73 Å². The van der Waals surface area contributed by atoms with Crippen molar-refractivity contribution < 1.29 is 14.5 Å². The Bertz CT molecular complexity index is 263. The number of hydrogen-bond acceptors (Lipinski definition) is 4. The molecule has 0 aliphatic rings. The molecule has 0 aromatic rings. The molecule has 0 radical (unpaired) electrons. The zero-order valence-corrected chi connectivity index (χ0v) is 6.66. The maximum atomic E-state index is 10.7. The average Bonchev–Trinajstić information content (AvgIpc) is 1.85. The van der Waals surface area contributed by atoms with Crippen molar-refractivity contribution in [3.63, 3.8) is 0 Å². The van der Waals surface area contributed by atoms with Crippen LogP contribution in [0.3, 0.4) is 0 Å². The molecule has 6 nitrogen and oxygen atoms in total. The zero-order chi connectivity index (χ0) is 9.89. The Morgan fingerprint density at radius 2 is 1.75 bits per heavy atom. The van der Waals surface area contributed by atoms with Gasteiger partial charge in [-0.05, 0) is 6.92 Å². The third kappa shape index (κ3) is 2.15. The van der Waals surface area contributed by atoms with Crippen molar-refractivity contribution in [3.05, 3.63) is 21.4 Å². The van der Waals surface area contributed by atoms with E-state index in [2.05, 4.69) is 0 Å². The maximum Gasteiger partial charge on any atom is 0.259 e. The molecule has 0 spiro atoms. The van der Waals surface area contributed by atoms with E-state index in [4.69, 9.17) is 5.73 Å². The largest absolute Gasteiger partial charge is 0.365 e. The summed E-state index contributed by atoms with van der Waals surface area (Å²) in [6, 6.07) is 0. The fourth-order valence-electron chi connectivity index (χ4n) is 0.698. The molecular weight excluding hydrogens is 164 g/mol. The first-order chi connectivity index (χ1) is 5.37. The molecule has 0 fully saturated rings. The number of hydrogen-bond donors (Lipinski definition) is 1. The Morgan fingerprint density at radius 3 is 1.83 bits per heavy atom. The van der Waals surface area contributed by atoms with E-state index in [1.807, 2.05) is 0 Å². The van der Waals surface area contributed by atoms with Crippen LogP contribution in [0.2, 0.25) is 0 Å². The number of nitrogens with two attached hydrogens (primary N) is 1. The van der Waals surface area contributed by atoms with Crippen molar-refractivity contribution in [2.24, 2.45) is 5.73 Å². The van der Waals surface area contributed by atoms with E-state index < -0.39 is 27.9 Å². The lowest BCUT2D eigenvalue weighted by atomic mass is 10.1. The number of carbonyl (C=O) groups excluding carboxylic acids is 2. The van der Waals surface area contributed by atoms with Gasteiger partial charge in [0.15, 0.2) is 11.4 Å². The minimum Gasteiger partial charge on any atom is -0.365 e. The van der Waals surface area contributed by atoms with Crippen molar-refractivity contribution in [3.8, 4) is 0 Å². The van der Waals surface area contributed by atoms with Crippen LogP contribution >= 0.6 is 0 Å². The lowest BCUT2D eigenvalue weighted by Crippen LogP contribution is -2.22. The number of primary amides is 1. The third-order valence-electron chi connectivity index (χ3n) is 1.23. The minimum absolute atomic E-state index is 0.519. The highest BCUT2D eigenvalue weighted by molar-refractivity contribution is 6.18. The van der Waals surface area contributed by atoms with Gasteiger partial charge in [0.1, 0.15) is 0 Å². The monoisotopic (exact) mass is 172 g/mol. The van der Waals surface area contributed by atoms with E-state index in [0.29, 0.717) is 0 Å². The van der Waals surface area contributed by atoms with Crippen molar-refractivity contribution >= 4 is 11.7 Å². The fourth-order valence-corrected chi connectivity index (χ4v) is 0.698. The molecule has 0 saturated heterocycles. The van der Waals surface area contributed by atoms with Gasteiger partial charge in [-0.3, -0.25) is 19.7 Å². The number of amides is 1. The predicted octanol–water partition coefficient (Wildman–Crippen LogP) is -0.389. The standard InChI is InChI=1S/C6H8N2O4/c1-3(8(11)12)5(4(2)9)6(7)10/h1-2H3,(H2,7,10)/b5-3-. The van der Waals surface area contributed by atoms with E-state index in [0.717, 1.165) is 13.8 Å². The number of nitro groups is 1. The number of nitrogens with zero attached hydrogens (tertiary/aromatic N) is 1. The SMILES string of the molecule is CC(=O)/C(C(N)=O)=C(\C)[N+](=O)[O-]. The molecular formula is C6H8N2O4. The summed E-state index contributed by atoms with van der Waals surface area (Å²) in [5, 5.41) is 10.1. The second-order valence-corrected chi connectivity index (χ2v) is 2.14. The van der Waals surface area contributed by atoms with Crippen molar-refractivity contribution in [2.45, 2.75) is 13.8 Å². The smallest absolute Gasteiger partial charge is 0.259 e. The molecule has 6 heteroatoms. The van der Waals surface area contributed by atoms with E-state index >= 15 is 0 Å². The number of rotatable bonds is 3. The Kier molecular flexibility index (Phi) is 3.09. The van der Waals surface area contributed by atoms with Crippen molar-refractivity contribution in [1.82, 2.24) is 0 Å². The van der Waals surface area contributed by atoms with E-state index in [1.165, 1.54) is 0 Å². The predicted molar refractivity (Wildman–Crippen MR) is 39.6 cm³/mol. The number of Topliss-reactive ketones (excluding diaryl/α,β-unsaturated/α-hetero) is 1. The van der Waals surface area contributed by atoms with E-state index in [9.17, 15) is 19.7 Å². The van der Waals surface area contributed by atoms with Crippen LogP contribution in [-0.4, -0.2) is 16.6 Å². The Hall–Kier alpha value is -1.72. The van der Waals surface area contributed by atoms with Gasteiger partial charge in [0.05, 0.1) is 4.92 Å². The van der Waals surface area contributed by atoms with Crippen LogP contribution in [0, 0.1) is 10.1 Å². The van der Waals surface area contributed by atoms with Crippen LogP contribution in [0.1, 0.15) is 13.8 Å². The van der Waals surface area contributed by atoms with Crippen molar-refractivity contribution in [2.75, 3.05) is 0 Å². The third-order valence-corrected chi connectivity index (χ3v) is 1.23. The fraction of sp³-hybridized carbons (Fsp3) is 0.333. The molecule has 0 aromatic carbocycles. The first-order valence-corrected chi connectivity index (χ1v) is 3.04. The van der Waals surface area contributed by atoms with Crippen LogP contribution in [-0.2, 0) is 9.59 Å². The summed E-state index contributed by atoms with van der Waals surface area (Å²) >= 11 is 0. The van der Waals surface area contributed by atoms with Crippen LogP contribution in [0.5, 0.6) is 0 Å². The summed E-state index contributed by atoms with van der Waals surface area (Å²) in [7, 11) is 0. The van der Waals surface area contributed by atoms with Gasteiger partial charge >= 0.3 is 0 Å². The van der Waals surface area contributed by atoms with Crippen LogP contribution in [0.4, 0.5) is 0 Å². The summed E-state index contributed by atoms with van der Waals surface area (Å²) in [5.41, 5.74) is 3.68. The summed E-state index contributed by atoms with van der Waals surface area (Å²) < 4.78 is 0. The Morgan fingerprint density at radius 1 is 1.33 bits per heavy atom. The molecule has 12 heavy (non-hydrogen) atoms. The average molecular weight is 172 g/mol. The highest BCUT2D eigenvalue weighted by Crippen LogP contribution is 2.04. The van der Waals surface area contributed by atoms with Gasteiger partial charge in [-0.1, -0.05) is 0 Å². The molecule has 2 N–H and O–H groups in total. The highest BCUT2D eigenvalue weighted by atomic mass is 16.6. The zero-order valence-electron chi connectivity index (χ0n) is 6.66. The molecule has 0 bridgehead atoms. The summed E-state index contributed by atoms with van der Waals surface area (Å²) in [6.45, 7) is 2.11. The molecule has 0 rings (SSSR count). The minimum atomic E-state index is -1.07. The topological polar surface area (TPSA) is 103 Å². The number of allylic oxidation sites excluding steroid dienone is 1. The second-order valence-electron chi connectivity index (χ2n) is 2.14. The van der Waals surface area contributed by atoms with Crippen molar-refractivity contribution in [1.29, 1.82) is 0 Å². The quantitative estimate of drug-likeness (QED) is 0.206. The Balaban J connectivity index is 5.23. The molecule has 0 aliphatic heterocycles. The summed E-state index contributed by atoms with van der Waals surface area (Å²) in [4.78, 5) is 30.5. The maximum absolute atomic E-state index is 10.7. The first-order valence-electron chi connectivity index (χ1n) is 3.04. The molecule has 0 unspecified atom stereocenters. The molecule has 0 aromatic heterocycles. The highest BCUT2D eigenvalue weighted by Gasteiger charge is 2.21. The molecule has 0 saturated carbocycles. The second kappa shape index (κ2) is 3.61. The van der Waals surface area contributed by atoms with Crippen LogP contribution in [0.25, 0.3) is 0 Å². The summed E-state index contributed by atoms with van der Waals surface area (Å²) in [6.07, 6.45) is 0. The molecule has 0 aliphatic carbocycles. The van der Waals surface area contributed by atoms with Gasteiger partial charge in [-0.15, -0.1) is 0 Å². The van der Waals surface area contributed by atoms with Crippen LogP contribution < -0.4 is 5.73 Å².